The van der Waals surface area contributed by atoms with Crippen molar-refractivity contribution < 1.29 is 14.3 Å². The molecular formula is C19H21N5O3S. The number of anilines is 1. The summed E-state index contributed by atoms with van der Waals surface area (Å²) in [5, 5.41) is 11.5. The van der Waals surface area contributed by atoms with Crippen molar-refractivity contribution in [3.63, 3.8) is 0 Å². The van der Waals surface area contributed by atoms with E-state index in [4.69, 9.17) is 15.3 Å². The third kappa shape index (κ3) is 4.37. The predicted octanol–water partition coefficient (Wildman–Crippen LogP) is 2.72. The Labute approximate surface area is 167 Å². The van der Waals surface area contributed by atoms with Crippen LogP contribution < -0.4 is 20.6 Å². The van der Waals surface area contributed by atoms with E-state index in [1.165, 1.54) is 23.5 Å². The molecule has 1 amide bonds. The van der Waals surface area contributed by atoms with Crippen LogP contribution in [0.25, 0.3) is 11.4 Å². The summed E-state index contributed by atoms with van der Waals surface area (Å²) in [5.74, 6) is 7.71. The average molecular weight is 399 g/mol. The highest BCUT2D eigenvalue weighted by Crippen LogP contribution is 2.29. The van der Waals surface area contributed by atoms with Crippen LogP contribution in [0, 0.1) is 6.92 Å². The van der Waals surface area contributed by atoms with Gasteiger partial charge in [0, 0.05) is 11.6 Å². The van der Waals surface area contributed by atoms with Gasteiger partial charge in [0.1, 0.15) is 11.5 Å². The minimum Gasteiger partial charge on any atom is -0.497 e. The quantitative estimate of drug-likeness (QED) is 0.465. The number of thioether (sulfide) groups is 1. The van der Waals surface area contributed by atoms with E-state index in [1.807, 2.05) is 31.2 Å². The van der Waals surface area contributed by atoms with E-state index in [2.05, 4.69) is 15.5 Å². The molecule has 0 spiro atoms. The highest BCUT2D eigenvalue weighted by Gasteiger charge is 2.15. The summed E-state index contributed by atoms with van der Waals surface area (Å²) < 4.78 is 11.8. The zero-order valence-corrected chi connectivity index (χ0v) is 16.6. The molecule has 3 N–H and O–H groups in total. The number of rotatable bonds is 7. The van der Waals surface area contributed by atoms with E-state index in [1.54, 1.807) is 25.3 Å². The number of hydrogen-bond donors (Lipinski definition) is 2. The number of carbonyl (C=O) groups is 1. The predicted molar refractivity (Wildman–Crippen MR) is 109 cm³/mol. The number of ether oxygens (including phenoxy) is 2. The van der Waals surface area contributed by atoms with Crippen LogP contribution in [0.3, 0.4) is 0 Å². The largest absolute Gasteiger partial charge is 0.497 e. The van der Waals surface area contributed by atoms with Gasteiger partial charge in [0.05, 0.1) is 25.7 Å². The van der Waals surface area contributed by atoms with Gasteiger partial charge in [0.2, 0.25) is 11.1 Å². The number of aromatic nitrogens is 3. The number of carbonyl (C=O) groups excluding carboxylic acids is 1. The topological polar surface area (TPSA) is 104 Å². The van der Waals surface area contributed by atoms with Gasteiger partial charge < -0.3 is 20.6 Å². The fraction of sp³-hybridized carbons (Fsp3) is 0.211. The zero-order valence-electron chi connectivity index (χ0n) is 15.8. The highest BCUT2D eigenvalue weighted by atomic mass is 32.2. The van der Waals surface area contributed by atoms with Crippen molar-refractivity contribution in [3.05, 3.63) is 48.0 Å². The molecule has 28 heavy (non-hydrogen) atoms. The molecule has 0 aliphatic carbocycles. The second kappa shape index (κ2) is 8.66. The molecule has 1 aromatic heterocycles. The van der Waals surface area contributed by atoms with Crippen molar-refractivity contribution in [1.82, 2.24) is 14.9 Å². The van der Waals surface area contributed by atoms with Gasteiger partial charge in [-0.1, -0.05) is 35.5 Å². The molecule has 0 unspecified atom stereocenters. The van der Waals surface area contributed by atoms with Crippen molar-refractivity contribution >= 4 is 23.4 Å². The third-order valence-electron chi connectivity index (χ3n) is 3.95. The molecule has 3 aromatic rings. The lowest BCUT2D eigenvalue weighted by Gasteiger charge is -2.11. The molecular weight excluding hydrogens is 378 g/mol. The van der Waals surface area contributed by atoms with Gasteiger partial charge in [-0.3, -0.25) is 4.79 Å². The Morgan fingerprint density at radius 3 is 2.71 bits per heavy atom. The van der Waals surface area contributed by atoms with Crippen LogP contribution in [-0.2, 0) is 4.79 Å². The fourth-order valence-electron chi connectivity index (χ4n) is 2.58. The summed E-state index contributed by atoms with van der Waals surface area (Å²) in [7, 11) is 3.10. The molecule has 0 atom stereocenters. The van der Waals surface area contributed by atoms with Crippen molar-refractivity contribution in [1.29, 1.82) is 0 Å². The Bertz CT molecular complexity index is 989. The van der Waals surface area contributed by atoms with Crippen molar-refractivity contribution in [2.45, 2.75) is 12.1 Å². The van der Waals surface area contributed by atoms with Crippen LogP contribution in [0.4, 0.5) is 5.69 Å². The van der Waals surface area contributed by atoms with E-state index in [-0.39, 0.29) is 11.7 Å². The summed E-state index contributed by atoms with van der Waals surface area (Å²) >= 11 is 1.20. The first-order chi connectivity index (χ1) is 13.5. The van der Waals surface area contributed by atoms with Gasteiger partial charge in [-0.05, 0) is 25.1 Å². The number of nitrogens with two attached hydrogens (primary N) is 1. The maximum absolute atomic E-state index is 12.4. The smallest absolute Gasteiger partial charge is 0.234 e. The number of aryl methyl sites for hydroxylation is 1. The normalized spacial score (nSPS) is 10.5. The molecule has 0 bridgehead atoms. The third-order valence-corrected chi connectivity index (χ3v) is 4.90. The number of nitrogen functional groups attached to an aromatic ring is 1. The average Bonchev–Trinajstić information content (AvgIpc) is 3.06. The van der Waals surface area contributed by atoms with Crippen molar-refractivity contribution in [2.24, 2.45) is 0 Å². The standard InChI is InChI=1S/C19H21N5O3S/c1-12-5-4-6-13(9-12)18-22-23-19(24(18)20)28-11-17(25)21-15-10-14(26-2)7-8-16(15)27-3/h4-10H,11,20H2,1-3H3,(H,21,25). The van der Waals surface area contributed by atoms with Gasteiger partial charge >= 0.3 is 0 Å². The molecule has 0 saturated heterocycles. The molecule has 0 aliphatic rings. The summed E-state index contributed by atoms with van der Waals surface area (Å²) in [6, 6.07) is 13.0. The lowest BCUT2D eigenvalue weighted by atomic mass is 10.1. The molecule has 3 rings (SSSR count). The number of hydrogen-bond acceptors (Lipinski definition) is 7. The van der Waals surface area contributed by atoms with E-state index in [9.17, 15) is 4.79 Å². The number of amides is 1. The summed E-state index contributed by atoms with van der Waals surface area (Å²) in [5.41, 5.74) is 2.50. The summed E-state index contributed by atoms with van der Waals surface area (Å²) in [4.78, 5) is 12.4. The zero-order chi connectivity index (χ0) is 20.1. The Morgan fingerprint density at radius 1 is 1.18 bits per heavy atom. The second-order valence-electron chi connectivity index (χ2n) is 5.95. The first kappa shape index (κ1) is 19.6. The molecule has 8 nitrogen and oxygen atoms in total. The molecule has 9 heteroatoms. The lowest BCUT2D eigenvalue weighted by molar-refractivity contribution is -0.113. The summed E-state index contributed by atoms with van der Waals surface area (Å²) in [6.45, 7) is 1.99. The Hall–Kier alpha value is -3.20. The van der Waals surface area contributed by atoms with Gasteiger partial charge in [0.15, 0.2) is 5.82 Å². The number of nitrogens with one attached hydrogen (secondary N) is 1. The molecule has 0 fully saturated rings. The molecule has 146 valence electrons. The van der Waals surface area contributed by atoms with Gasteiger partial charge in [-0.2, -0.15) is 0 Å². The van der Waals surface area contributed by atoms with Crippen molar-refractivity contribution in [2.75, 3.05) is 31.1 Å². The summed E-state index contributed by atoms with van der Waals surface area (Å²) in [6.07, 6.45) is 0. The molecule has 0 aliphatic heterocycles. The number of methoxy groups -OCH3 is 2. The van der Waals surface area contributed by atoms with Gasteiger partial charge in [-0.25, -0.2) is 4.68 Å². The van der Waals surface area contributed by atoms with E-state index >= 15 is 0 Å². The van der Waals surface area contributed by atoms with Crippen LogP contribution in [0.5, 0.6) is 11.5 Å². The Morgan fingerprint density at radius 2 is 2.00 bits per heavy atom. The SMILES string of the molecule is COc1ccc(OC)c(NC(=O)CSc2nnc(-c3cccc(C)c3)n2N)c1. The van der Waals surface area contributed by atoms with Crippen LogP contribution in [0.15, 0.2) is 47.6 Å². The number of nitrogens with zero attached hydrogens (tertiary/aromatic N) is 3. The van der Waals surface area contributed by atoms with E-state index in [0.29, 0.717) is 28.2 Å². The highest BCUT2D eigenvalue weighted by molar-refractivity contribution is 7.99. The Kier molecular flexibility index (Phi) is 6.05. The maximum Gasteiger partial charge on any atom is 0.234 e. The second-order valence-corrected chi connectivity index (χ2v) is 6.89. The van der Waals surface area contributed by atoms with Crippen LogP contribution >= 0.6 is 11.8 Å². The van der Waals surface area contributed by atoms with Gasteiger partial charge in [0.25, 0.3) is 0 Å². The minimum atomic E-state index is -0.225. The number of benzene rings is 2. The van der Waals surface area contributed by atoms with Gasteiger partial charge in [-0.15, -0.1) is 10.2 Å². The van der Waals surface area contributed by atoms with E-state index in [0.717, 1.165) is 11.1 Å². The monoisotopic (exact) mass is 399 g/mol. The first-order valence-corrected chi connectivity index (χ1v) is 9.42. The maximum atomic E-state index is 12.4. The van der Waals surface area contributed by atoms with Crippen LogP contribution in [0.2, 0.25) is 0 Å². The Balaban J connectivity index is 1.67. The van der Waals surface area contributed by atoms with E-state index < -0.39 is 0 Å². The molecule has 2 aromatic carbocycles. The van der Waals surface area contributed by atoms with Crippen LogP contribution in [-0.4, -0.2) is 40.8 Å². The molecule has 1 heterocycles. The molecule has 0 radical (unpaired) electrons. The minimum absolute atomic E-state index is 0.115. The fourth-order valence-corrected chi connectivity index (χ4v) is 3.24. The first-order valence-electron chi connectivity index (χ1n) is 8.44. The molecule has 0 saturated carbocycles. The van der Waals surface area contributed by atoms with Crippen molar-refractivity contribution in [3.8, 4) is 22.9 Å². The van der Waals surface area contributed by atoms with Crippen LogP contribution in [0.1, 0.15) is 5.56 Å². The lowest BCUT2D eigenvalue weighted by Crippen LogP contribution is -2.17.